The molecule has 13 nitrogen and oxygen atoms in total. The molecule has 3 rings (SSSR count). The first-order valence-electron chi connectivity index (χ1n) is 10.2. The van der Waals surface area contributed by atoms with Gasteiger partial charge in [-0.2, -0.15) is 0 Å². The molecule has 8 N–H and O–H groups in total. The lowest BCUT2D eigenvalue weighted by Gasteiger charge is -2.47. The summed E-state index contributed by atoms with van der Waals surface area (Å²) in [7, 11) is 0. The maximum Gasteiger partial charge on any atom is 0.187 e. The zero-order valence-electron chi connectivity index (χ0n) is 17.3. The van der Waals surface area contributed by atoms with Crippen molar-refractivity contribution in [1.29, 1.82) is 0 Å². The van der Waals surface area contributed by atoms with Crippen LogP contribution in [-0.4, -0.2) is 133 Å². The van der Waals surface area contributed by atoms with Crippen molar-refractivity contribution in [3.63, 3.8) is 0 Å². The number of aliphatic hydroxyl groups is 8. The molecular formula is C18H32O13. The van der Waals surface area contributed by atoms with Gasteiger partial charge >= 0.3 is 0 Å². The van der Waals surface area contributed by atoms with Crippen LogP contribution in [0.1, 0.15) is 20.8 Å². The van der Waals surface area contributed by atoms with Crippen LogP contribution in [0.15, 0.2) is 0 Å². The van der Waals surface area contributed by atoms with Gasteiger partial charge in [0.2, 0.25) is 0 Å². The van der Waals surface area contributed by atoms with E-state index in [1.807, 2.05) is 0 Å². The Bertz CT molecular complexity index is 595. The van der Waals surface area contributed by atoms with Crippen LogP contribution in [-0.2, 0) is 23.7 Å². The summed E-state index contributed by atoms with van der Waals surface area (Å²) in [5.41, 5.74) is 0. The molecule has 0 amide bonds. The molecule has 0 radical (unpaired) electrons. The van der Waals surface area contributed by atoms with Gasteiger partial charge in [-0.1, -0.05) is 0 Å². The molecule has 0 aromatic heterocycles. The lowest BCUT2D eigenvalue weighted by molar-refractivity contribution is -0.375. The highest BCUT2D eigenvalue weighted by molar-refractivity contribution is 4.94. The summed E-state index contributed by atoms with van der Waals surface area (Å²) in [5.74, 6) is 0. The van der Waals surface area contributed by atoms with E-state index in [9.17, 15) is 40.9 Å². The van der Waals surface area contributed by atoms with Gasteiger partial charge in [-0.15, -0.1) is 0 Å². The standard InChI is InChI=1S/C18H32O13/c1-4-8(20)10(22)15(16(26)27-4)31-18-13(25)11(23)14(6(3)29-18)30-17-12(24)9(21)7(19)5(2)28-17/h4-26H,1-3H3/t4-,5-,6+,7-,8-,9+,10+,11+,12+,13+,14-,15+,16+,17-,18-/m0/s1. The van der Waals surface area contributed by atoms with E-state index in [1.54, 1.807) is 0 Å². The van der Waals surface area contributed by atoms with Crippen molar-refractivity contribution in [1.82, 2.24) is 0 Å². The summed E-state index contributed by atoms with van der Waals surface area (Å²) in [6.45, 7) is 4.39. The van der Waals surface area contributed by atoms with Gasteiger partial charge in [-0.25, -0.2) is 0 Å². The third kappa shape index (κ3) is 4.89. The molecule has 31 heavy (non-hydrogen) atoms. The minimum atomic E-state index is -1.72. The van der Waals surface area contributed by atoms with Crippen molar-refractivity contribution >= 4 is 0 Å². The van der Waals surface area contributed by atoms with Gasteiger partial charge in [0.15, 0.2) is 18.9 Å². The predicted octanol–water partition coefficient (Wildman–Crippen LogP) is -4.49. The quantitative estimate of drug-likeness (QED) is 0.201. The average Bonchev–Trinajstić information content (AvgIpc) is 2.72. The van der Waals surface area contributed by atoms with Crippen molar-refractivity contribution in [2.24, 2.45) is 0 Å². The molecule has 13 heteroatoms. The Morgan fingerprint density at radius 1 is 0.452 bits per heavy atom. The maximum absolute atomic E-state index is 10.5. The Kier molecular flexibility index (Phi) is 7.91. The number of hydrogen-bond donors (Lipinski definition) is 8. The fourth-order valence-corrected chi connectivity index (χ4v) is 3.91. The van der Waals surface area contributed by atoms with E-state index in [0.717, 1.165) is 0 Å². The minimum Gasteiger partial charge on any atom is -0.388 e. The second kappa shape index (κ2) is 9.77. The van der Waals surface area contributed by atoms with Gasteiger partial charge in [0.25, 0.3) is 0 Å². The van der Waals surface area contributed by atoms with Crippen molar-refractivity contribution in [2.45, 2.75) is 113 Å². The zero-order valence-corrected chi connectivity index (χ0v) is 17.3. The Labute approximate surface area is 178 Å². The molecule has 3 fully saturated rings. The number of hydrogen-bond acceptors (Lipinski definition) is 13. The van der Waals surface area contributed by atoms with Gasteiger partial charge in [0, 0.05) is 0 Å². The number of aliphatic hydroxyl groups excluding tert-OH is 8. The summed E-state index contributed by atoms with van der Waals surface area (Å²) in [5, 5.41) is 80.9. The van der Waals surface area contributed by atoms with Crippen LogP contribution < -0.4 is 0 Å². The molecule has 0 aliphatic carbocycles. The molecule has 182 valence electrons. The fourth-order valence-electron chi connectivity index (χ4n) is 3.91. The van der Waals surface area contributed by atoms with Crippen LogP contribution in [0.4, 0.5) is 0 Å². The Hall–Kier alpha value is -0.520. The molecule has 0 aromatic carbocycles. The van der Waals surface area contributed by atoms with Crippen LogP contribution in [0, 0.1) is 0 Å². The Morgan fingerprint density at radius 3 is 1.48 bits per heavy atom. The van der Waals surface area contributed by atoms with E-state index in [-0.39, 0.29) is 0 Å². The summed E-state index contributed by atoms with van der Waals surface area (Å²) >= 11 is 0. The summed E-state index contributed by atoms with van der Waals surface area (Å²) in [4.78, 5) is 0. The highest BCUT2D eigenvalue weighted by Crippen LogP contribution is 2.31. The molecule has 0 saturated carbocycles. The van der Waals surface area contributed by atoms with Crippen molar-refractivity contribution in [3.05, 3.63) is 0 Å². The second-order valence-corrected chi connectivity index (χ2v) is 8.29. The molecule has 3 aliphatic rings. The van der Waals surface area contributed by atoms with Crippen molar-refractivity contribution in [3.8, 4) is 0 Å². The lowest BCUT2D eigenvalue weighted by Crippen LogP contribution is -2.65. The van der Waals surface area contributed by atoms with E-state index >= 15 is 0 Å². The van der Waals surface area contributed by atoms with Gasteiger partial charge in [0.05, 0.1) is 18.3 Å². The number of ether oxygens (including phenoxy) is 5. The molecule has 3 heterocycles. The van der Waals surface area contributed by atoms with Gasteiger partial charge < -0.3 is 64.5 Å². The topological polar surface area (TPSA) is 208 Å². The molecule has 0 spiro atoms. The smallest absolute Gasteiger partial charge is 0.187 e. The molecular weight excluding hydrogens is 424 g/mol. The summed E-state index contributed by atoms with van der Waals surface area (Å²) in [6, 6.07) is 0. The molecule has 15 atom stereocenters. The van der Waals surface area contributed by atoms with Crippen LogP contribution in [0.5, 0.6) is 0 Å². The van der Waals surface area contributed by atoms with Gasteiger partial charge in [0.1, 0.15) is 54.9 Å². The summed E-state index contributed by atoms with van der Waals surface area (Å²) in [6.07, 6.45) is -20.7. The predicted molar refractivity (Wildman–Crippen MR) is 97.0 cm³/mol. The lowest BCUT2D eigenvalue weighted by atomic mass is 9.97. The molecule has 0 unspecified atom stereocenters. The van der Waals surface area contributed by atoms with Crippen molar-refractivity contribution in [2.75, 3.05) is 0 Å². The van der Waals surface area contributed by atoms with Crippen LogP contribution in [0.2, 0.25) is 0 Å². The highest BCUT2D eigenvalue weighted by Gasteiger charge is 2.51. The van der Waals surface area contributed by atoms with E-state index in [4.69, 9.17) is 23.7 Å². The minimum absolute atomic E-state index is 0.859. The zero-order chi connectivity index (χ0) is 23.2. The highest BCUT2D eigenvalue weighted by atomic mass is 16.8. The van der Waals surface area contributed by atoms with Crippen LogP contribution in [0.3, 0.4) is 0 Å². The van der Waals surface area contributed by atoms with Gasteiger partial charge in [-0.3, -0.25) is 0 Å². The van der Waals surface area contributed by atoms with E-state index < -0.39 is 92.1 Å². The number of rotatable bonds is 4. The average molecular weight is 456 g/mol. The molecule has 3 aliphatic heterocycles. The first kappa shape index (κ1) is 25.1. The molecule has 0 bridgehead atoms. The van der Waals surface area contributed by atoms with E-state index in [1.165, 1.54) is 20.8 Å². The fraction of sp³-hybridized carbons (Fsp3) is 1.00. The van der Waals surface area contributed by atoms with E-state index in [2.05, 4.69) is 0 Å². The van der Waals surface area contributed by atoms with Crippen LogP contribution in [0.25, 0.3) is 0 Å². The van der Waals surface area contributed by atoms with Crippen LogP contribution >= 0.6 is 0 Å². The second-order valence-electron chi connectivity index (χ2n) is 8.29. The first-order valence-corrected chi connectivity index (χ1v) is 10.2. The third-order valence-electron chi connectivity index (χ3n) is 5.97. The summed E-state index contributed by atoms with van der Waals surface area (Å²) < 4.78 is 26.9. The van der Waals surface area contributed by atoms with E-state index in [0.29, 0.717) is 0 Å². The van der Waals surface area contributed by atoms with Gasteiger partial charge in [-0.05, 0) is 20.8 Å². The SMILES string of the molecule is C[C@@H]1O[C@@H](O[C@@H]2[C@H](O)[C@@H](O)[C@H](O[C@@H]3[C@H](O)[C@@H](O)[C@H](C)O[C@H]3O)O[C@@H]2C)[C@H](O)[C@H](O)[C@H]1O. The first-order chi connectivity index (χ1) is 14.4. The molecule has 3 saturated heterocycles. The maximum atomic E-state index is 10.5. The Morgan fingerprint density at radius 2 is 0.871 bits per heavy atom. The van der Waals surface area contributed by atoms with Crippen molar-refractivity contribution < 1.29 is 64.5 Å². The molecule has 0 aromatic rings. The normalized spacial score (nSPS) is 56.4. The largest absolute Gasteiger partial charge is 0.388 e. The third-order valence-corrected chi connectivity index (χ3v) is 5.97. The monoisotopic (exact) mass is 456 g/mol. The Balaban J connectivity index is 1.65.